The van der Waals surface area contributed by atoms with Crippen molar-refractivity contribution in [3.63, 3.8) is 0 Å². The molecule has 4 aromatic rings. The molecule has 0 aliphatic carbocycles. The minimum Gasteiger partial charge on any atom is -0.489 e. The van der Waals surface area contributed by atoms with Gasteiger partial charge in [-0.2, -0.15) is 13.2 Å². The number of nitrogens with zero attached hydrogens (tertiary/aromatic N) is 2. The summed E-state index contributed by atoms with van der Waals surface area (Å²) in [5, 5.41) is 13.6. The van der Waals surface area contributed by atoms with Gasteiger partial charge in [-0.1, -0.05) is 11.6 Å². The van der Waals surface area contributed by atoms with Crippen LogP contribution >= 0.6 is 11.6 Å². The molecule has 0 bridgehead atoms. The van der Waals surface area contributed by atoms with Crippen LogP contribution in [0.5, 0.6) is 5.75 Å². The summed E-state index contributed by atoms with van der Waals surface area (Å²) in [6.45, 7) is 0.926. The number of ether oxygens (including phenoxy) is 1. The van der Waals surface area contributed by atoms with Crippen LogP contribution < -0.4 is 15.8 Å². The van der Waals surface area contributed by atoms with E-state index in [1.54, 1.807) is 13.0 Å². The van der Waals surface area contributed by atoms with E-state index < -0.39 is 82.3 Å². The number of alkyl halides is 3. The lowest BCUT2D eigenvalue weighted by Crippen LogP contribution is -2.51. The SMILES string of the molecule is Cc1cnc2c(Cl)cc(C(=O)NC[C@](O)(c3cc4c(c(-c5ccc(F)c(F)c5F)n3)OC[C@]4(C)C(N)=O)C(F)(F)F)cc2c1. The van der Waals surface area contributed by atoms with Crippen LogP contribution in [0.2, 0.25) is 5.02 Å². The summed E-state index contributed by atoms with van der Waals surface area (Å²) in [7, 11) is 0. The summed E-state index contributed by atoms with van der Waals surface area (Å²) in [5.74, 6) is -7.88. The third kappa shape index (κ3) is 4.97. The quantitative estimate of drug-likeness (QED) is 0.202. The third-order valence-corrected chi connectivity index (χ3v) is 7.73. The molecular formula is C29H21ClF6N4O4. The van der Waals surface area contributed by atoms with Gasteiger partial charge >= 0.3 is 6.18 Å². The fourth-order valence-electron chi connectivity index (χ4n) is 4.78. The second kappa shape index (κ2) is 10.6. The second-order valence-electron chi connectivity index (χ2n) is 10.5. The van der Waals surface area contributed by atoms with Crippen molar-refractivity contribution in [1.82, 2.24) is 15.3 Å². The first kappa shape index (κ1) is 31.0. The van der Waals surface area contributed by atoms with Crippen LogP contribution in [0.3, 0.4) is 0 Å². The molecule has 0 saturated heterocycles. The summed E-state index contributed by atoms with van der Waals surface area (Å²) < 4.78 is 92.0. The average molecular weight is 639 g/mol. The zero-order valence-corrected chi connectivity index (χ0v) is 23.5. The number of hydrogen-bond donors (Lipinski definition) is 3. The van der Waals surface area contributed by atoms with Gasteiger partial charge in [-0.25, -0.2) is 18.2 Å². The maximum Gasteiger partial charge on any atom is 0.424 e. The maximum atomic E-state index is 14.9. The number of carbonyl (C=O) groups excluding carboxylic acids is 2. The van der Waals surface area contributed by atoms with Crippen molar-refractivity contribution in [2.45, 2.75) is 31.0 Å². The van der Waals surface area contributed by atoms with Crippen LogP contribution in [-0.4, -0.2) is 46.2 Å². The summed E-state index contributed by atoms with van der Waals surface area (Å²) in [6.07, 6.45) is -3.99. The summed E-state index contributed by atoms with van der Waals surface area (Å²) >= 11 is 6.22. The number of aliphatic hydroxyl groups is 1. The molecule has 3 heterocycles. The zero-order chi connectivity index (χ0) is 32.4. The number of aromatic nitrogens is 2. The largest absolute Gasteiger partial charge is 0.489 e. The van der Waals surface area contributed by atoms with E-state index in [9.17, 15) is 41.0 Å². The number of hydrogen-bond acceptors (Lipinski definition) is 6. The Morgan fingerprint density at radius 2 is 1.84 bits per heavy atom. The topological polar surface area (TPSA) is 127 Å². The van der Waals surface area contributed by atoms with Gasteiger partial charge in [-0.3, -0.25) is 14.6 Å². The lowest BCUT2D eigenvalue weighted by atomic mass is 9.81. The van der Waals surface area contributed by atoms with Crippen LogP contribution in [0, 0.1) is 24.4 Å². The Morgan fingerprint density at radius 1 is 1.14 bits per heavy atom. The van der Waals surface area contributed by atoms with E-state index in [2.05, 4.69) is 9.97 Å². The summed E-state index contributed by atoms with van der Waals surface area (Å²) in [5.41, 5.74) is -2.46. The number of primary amides is 1. The van der Waals surface area contributed by atoms with Gasteiger partial charge in [0.25, 0.3) is 5.91 Å². The van der Waals surface area contributed by atoms with Crippen molar-refractivity contribution >= 4 is 34.3 Å². The Labute approximate surface area is 249 Å². The van der Waals surface area contributed by atoms with Gasteiger partial charge in [0.1, 0.15) is 23.5 Å². The zero-order valence-electron chi connectivity index (χ0n) is 22.7. The van der Waals surface area contributed by atoms with Crippen LogP contribution in [0.1, 0.15) is 34.1 Å². The molecule has 0 spiro atoms. The number of benzene rings is 2. The molecule has 0 fully saturated rings. The Bertz CT molecular complexity index is 1870. The fourth-order valence-corrected chi connectivity index (χ4v) is 5.06. The van der Waals surface area contributed by atoms with E-state index in [1.807, 2.05) is 5.32 Å². The number of amides is 2. The molecule has 2 aromatic heterocycles. The maximum absolute atomic E-state index is 14.9. The highest BCUT2D eigenvalue weighted by Crippen LogP contribution is 2.48. The average Bonchev–Trinajstić information content (AvgIpc) is 3.31. The van der Waals surface area contributed by atoms with Gasteiger partial charge in [-0.05, 0) is 55.8 Å². The summed E-state index contributed by atoms with van der Waals surface area (Å²) in [6, 6.07) is 6.09. The molecule has 2 amide bonds. The number of nitrogens with two attached hydrogens (primary N) is 1. The van der Waals surface area contributed by atoms with Gasteiger partial charge in [0.05, 0.1) is 22.8 Å². The van der Waals surface area contributed by atoms with Gasteiger partial charge in [0.15, 0.2) is 17.5 Å². The first-order chi connectivity index (χ1) is 20.5. The van der Waals surface area contributed by atoms with Crippen LogP contribution in [-0.2, 0) is 15.8 Å². The van der Waals surface area contributed by atoms with Crippen LogP contribution in [0.4, 0.5) is 26.3 Å². The van der Waals surface area contributed by atoms with Crippen LogP contribution in [0.15, 0.2) is 42.6 Å². The lowest BCUT2D eigenvalue weighted by molar-refractivity contribution is -0.265. The number of nitrogens with one attached hydrogen (secondary N) is 1. The predicted molar refractivity (Wildman–Crippen MR) is 145 cm³/mol. The van der Waals surface area contributed by atoms with E-state index in [1.165, 1.54) is 25.3 Å². The molecule has 44 heavy (non-hydrogen) atoms. The highest BCUT2D eigenvalue weighted by Gasteiger charge is 2.58. The highest BCUT2D eigenvalue weighted by molar-refractivity contribution is 6.35. The van der Waals surface area contributed by atoms with E-state index >= 15 is 0 Å². The molecule has 1 aliphatic heterocycles. The predicted octanol–water partition coefficient (Wildman–Crippen LogP) is 4.99. The minimum atomic E-state index is -5.53. The van der Waals surface area contributed by atoms with Gasteiger partial charge in [0.2, 0.25) is 11.5 Å². The van der Waals surface area contributed by atoms with Crippen molar-refractivity contribution < 1.29 is 45.8 Å². The van der Waals surface area contributed by atoms with Gasteiger partial charge in [0, 0.05) is 28.3 Å². The fraction of sp³-hybridized carbons (Fsp3) is 0.241. The van der Waals surface area contributed by atoms with Gasteiger partial charge < -0.3 is 20.9 Å². The van der Waals surface area contributed by atoms with Gasteiger partial charge in [-0.15, -0.1) is 0 Å². The molecule has 1 aliphatic rings. The molecule has 230 valence electrons. The minimum absolute atomic E-state index is 0.0444. The molecule has 5 rings (SSSR count). The monoisotopic (exact) mass is 638 g/mol. The number of aryl methyl sites for hydroxylation is 1. The number of rotatable bonds is 6. The Kier molecular flexibility index (Phi) is 7.49. The standard InChI is InChI=1S/C29H21ClF6N4O4/c1-12-5-13-6-14(7-17(30)22(13)38-9-12)25(41)39-10-28(43,29(34,35)36)19-8-16-24(44-11-27(16,2)26(37)42)23(40-19)15-3-4-18(31)21(33)20(15)32/h3-9,43H,10-11H2,1-2H3,(H2,37,42)(H,39,41)/t27-,28-/m0/s1. The molecule has 0 saturated carbocycles. The molecule has 2 aromatic carbocycles. The molecule has 8 nitrogen and oxygen atoms in total. The molecule has 0 unspecified atom stereocenters. The molecular weight excluding hydrogens is 618 g/mol. The Morgan fingerprint density at radius 3 is 2.50 bits per heavy atom. The number of halogens is 7. The lowest BCUT2D eigenvalue weighted by Gasteiger charge is -2.31. The third-order valence-electron chi connectivity index (χ3n) is 7.44. The van der Waals surface area contributed by atoms with E-state index in [0.717, 1.165) is 5.56 Å². The normalized spacial score (nSPS) is 17.6. The van der Waals surface area contributed by atoms with Crippen molar-refractivity contribution in [3.8, 4) is 17.0 Å². The highest BCUT2D eigenvalue weighted by atomic mass is 35.5. The first-order valence-corrected chi connectivity index (χ1v) is 13.1. The van der Waals surface area contributed by atoms with Crippen molar-refractivity contribution in [2.75, 3.05) is 13.2 Å². The van der Waals surface area contributed by atoms with E-state index in [0.29, 0.717) is 29.1 Å². The Balaban J connectivity index is 1.63. The van der Waals surface area contributed by atoms with Crippen molar-refractivity contribution in [1.29, 1.82) is 0 Å². The number of pyridine rings is 2. The molecule has 4 N–H and O–H groups in total. The first-order valence-electron chi connectivity index (χ1n) is 12.7. The van der Waals surface area contributed by atoms with E-state index in [-0.39, 0.29) is 16.1 Å². The Hall–Kier alpha value is -4.43. The van der Waals surface area contributed by atoms with Crippen molar-refractivity contribution in [3.05, 3.63) is 87.5 Å². The second-order valence-corrected chi connectivity index (χ2v) is 10.9. The molecule has 15 heteroatoms. The summed E-state index contributed by atoms with van der Waals surface area (Å²) in [4.78, 5) is 33.3. The van der Waals surface area contributed by atoms with Crippen molar-refractivity contribution in [2.24, 2.45) is 5.73 Å². The molecule has 0 radical (unpaired) electrons. The smallest absolute Gasteiger partial charge is 0.424 e. The number of fused-ring (bicyclic) bond motifs is 2. The van der Waals surface area contributed by atoms with E-state index in [4.69, 9.17) is 22.1 Å². The molecule has 2 atom stereocenters. The number of carbonyl (C=O) groups is 2. The van der Waals surface area contributed by atoms with Crippen LogP contribution in [0.25, 0.3) is 22.2 Å².